The largest absolute Gasteiger partial charge is 0.340 e. The van der Waals surface area contributed by atoms with Crippen LogP contribution in [0.4, 0.5) is 0 Å². The highest BCUT2D eigenvalue weighted by atomic mass is 16.2. The third kappa shape index (κ3) is 3.57. The molecule has 1 atom stereocenters. The number of nitrogens with zero attached hydrogens (tertiary/aromatic N) is 2. The van der Waals surface area contributed by atoms with E-state index in [1.165, 1.54) is 0 Å². The van der Waals surface area contributed by atoms with Gasteiger partial charge in [-0.25, -0.2) is 0 Å². The van der Waals surface area contributed by atoms with E-state index in [1.54, 1.807) is 24.1 Å². The Balaban J connectivity index is 2.72. The summed E-state index contributed by atoms with van der Waals surface area (Å²) in [5.74, 6) is 0.0396. The first-order valence-electron chi connectivity index (χ1n) is 5.95. The number of carbonyl (C=O) groups is 1. The minimum Gasteiger partial charge on any atom is -0.340 e. The highest BCUT2D eigenvalue weighted by Crippen LogP contribution is 2.09. The Bertz CT molecular complexity index is 462. The van der Waals surface area contributed by atoms with Crippen LogP contribution in [-0.4, -0.2) is 23.9 Å². The molecule has 1 amide bonds. The summed E-state index contributed by atoms with van der Waals surface area (Å²) in [4.78, 5) is 13.6. The molecule has 0 unspecified atom stereocenters. The van der Waals surface area contributed by atoms with E-state index < -0.39 is 6.04 Å². The van der Waals surface area contributed by atoms with Crippen molar-refractivity contribution >= 4 is 5.91 Å². The molecule has 0 aliphatic heterocycles. The van der Waals surface area contributed by atoms with Crippen LogP contribution < -0.4 is 5.73 Å². The Morgan fingerprint density at radius 3 is 2.72 bits per heavy atom. The van der Waals surface area contributed by atoms with Crippen LogP contribution in [0.5, 0.6) is 0 Å². The minimum absolute atomic E-state index is 0.0765. The van der Waals surface area contributed by atoms with Crippen LogP contribution in [0.2, 0.25) is 0 Å². The Labute approximate surface area is 108 Å². The smallest absolute Gasteiger partial charge is 0.239 e. The van der Waals surface area contributed by atoms with E-state index in [0.717, 1.165) is 5.56 Å². The quantitative estimate of drug-likeness (QED) is 0.874. The fraction of sp³-hybridized carbons (Fsp3) is 0.429. The lowest BCUT2D eigenvalue weighted by atomic mass is 10.0. The first-order chi connectivity index (χ1) is 8.45. The third-order valence-corrected chi connectivity index (χ3v) is 2.86. The van der Waals surface area contributed by atoms with Gasteiger partial charge in [0.25, 0.3) is 0 Å². The molecule has 1 aromatic rings. The van der Waals surface area contributed by atoms with Crippen molar-refractivity contribution in [1.29, 1.82) is 5.26 Å². The van der Waals surface area contributed by atoms with Crippen molar-refractivity contribution in [2.24, 2.45) is 11.7 Å². The molecule has 0 bridgehead atoms. The number of likely N-dealkylation sites (N-methyl/N-ethyl adjacent to an activating group) is 1. The standard InChI is InChI=1S/C14H19N3O/c1-10(2)13(16)14(18)17(3)9-12-6-4-5-11(7-12)8-15/h4-7,10,13H,9,16H2,1-3H3/t13-/m0/s1. The molecular formula is C14H19N3O. The summed E-state index contributed by atoms with van der Waals surface area (Å²) in [6, 6.07) is 8.84. The fourth-order valence-electron chi connectivity index (χ4n) is 1.63. The first kappa shape index (κ1) is 14.2. The molecule has 4 heteroatoms. The minimum atomic E-state index is -0.478. The molecule has 0 heterocycles. The lowest BCUT2D eigenvalue weighted by molar-refractivity contribution is -0.132. The zero-order chi connectivity index (χ0) is 13.7. The Morgan fingerprint density at radius 2 is 2.17 bits per heavy atom. The maximum absolute atomic E-state index is 12.0. The molecule has 1 aromatic carbocycles. The maximum Gasteiger partial charge on any atom is 0.239 e. The van der Waals surface area contributed by atoms with Gasteiger partial charge in [-0.1, -0.05) is 26.0 Å². The number of hydrogen-bond acceptors (Lipinski definition) is 3. The highest BCUT2D eigenvalue weighted by molar-refractivity contribution is 5.81. The Kier molecular flexibility index (Phi) is 4.87. The van der Waals surface area contributed by atoms with Crippen molar-refractivity contribution in [1.82, 2.24) is 4.90 Å². The second-order valence-electron chi connectivity index (χ2n) is 4.78. The summed E-state index contributed by atoms with van der Waals surface area (Å²) in [5.41, 5.74) is 7.36. The van der Waals surface area contributed by atoms with E-state index in [-0.39, 0.29) is 11.8 Å². The molecule has 18 heavy (non-hydrogen) atoms. The SMILES string of the molecule is CC(C)[C@H](N)C(=O)N(C)Cc1cccc(C#N)c1. The number of carbonyl (C=O) groups excluding carboxylic acids is 1. The highest BCUT2D eigenvalue weighted by Gasteiger charge is 2.20. The van der Waals surface area contributed by atoms with Crippen LogP contribution in [0.25, 0.3) is 0 Å². The van der Waals surface area contributed by atoms with E-state index in [9.17, 15) is 4.79 Å². The van der Waals surface area contributed by atoms with Gasteiger partial charge < -0.3 is 10.6 Å². The number of nitrogens with two attached hydrogens (primary N) is 1. The van der Waals surface area contributed by atoms with Crippen LogP contribution in [0.3, 0.4) is 0 Å². The molecule has 0 saturated carbocycles. The number of rotatable bonds is 4. The van der Waals surface area contributed by atoms with E-state index in [1.807, 2.05) is 26.0 Å². The normalized spacial score (nSPS) is 12.0. The van der Waals surface area contributed by atoms with Crippen LogP contribution in [0.1, 0.15) is 25.0 Å². The number of amides is 1. The third-order valence-electron chi connectivity index (χ3n) is 2.86. The summed E-state index contributed by atoms with van der Waals surface area (Å²) >= 11 is 0. The molecule has 0 aromatic heterocycles. The van der Waals surface area contributed by atoms with Crippen LogP contribution in [0, 0.1) is 17.2 Å². The van der Waals surface area contributed by atoms with Gasteiger partial charge in [0.1, 0.15) is 0 Å². The van der Waals surface area contributed by atoms with Gasteiger partial charge in [0.2, 0.25) is 5.91 Å². The lowest BCUT2D eigenvalue weighted by Crippen LogP contribution is -2.44. The Morgan fingerprint density at radius 1 is 1.50 bits per heavy atom. The van der Waals surface area contributed by atoms with Crippen LogP contribution in [-0.2, 0) is 11.3 Å². The summed E-state index contributed by atoms with van der Waals surface area (Å²) in [7, 11) is 1.73. The van der Waals surface area contributed by atoms with Crippen molar-refractivity contribution in [3.8, 4) is 6.07 Å². The first-order valence-corrected chi connectivity index (χ1v) is 5.95. The maximum atomic E-state index is 12.0. The molecule has 4 nitrogen and oxygen atoms in total. The average molecular weight is 245 g/mol. The molecule has 0 saturated heterocycles. The molecule has 0 radical (unpaired) electrons. The number of nitriles is 1. The average Bonchev–Trinajstić information content (AvgIpc) is 2.36. The molecule has 2 N–H and O–H groups in total. The molecular weight excluding hydrogens is 226 g/mol. The fourth-order valence-corrected chi connectivity index (χ4v) is 1.63. The van der Waals surface area contributed by atoms with Gasteiger partial charge in [0.05, 0.1) is 17.7 Å². The van der Waals surface area contributed by atoms with Gasteiger partial charge in [-0.05, 0) is 23.6 Å². The second kappa shape index (κ2) is 6.18. The van der Waals surface area contributed by atoms with Gasteiger partial charge in [-0.2, -0.15) is 5.26 Å². The van der Waals surface area contributed by atoms with Gasteiger partial charge in [0.15, 0.2) is 0 Å². The van der Waals surface area contributed by atoms with Crippen LogP contribution in [0.15, 0.2) is 24.3 Å². The van der Waals surface area contributed by atoms with E-state index >= 15 is 0 Å². The van der Waals surface area contributed by atoms with Gasteiger partial charge >= 0.3 is 0 Å². The molecule has 0 spiro atoms. The van der Waals surface area contributed by atoms with Crippen molar-refractivity contribution in [3.05, 3.63) is 35.4 Å². The van der Waals surface area contributed by atoms with Crippen molar-refractivity contribution in [3.63, 3.8) is 0 Å². The van der Waals surface area contributed by atoms with Gasteiger partial charge in [0, 0.05) is 13.6 Å². The number of hydrogen-bond donors (Lipinski definition) is 1. The molecule has 0 aliphatic rings. The summed E-state index contributed by atoms with van der Waals surface area (Å²) < 4.78 is 0. The Hall–Kier alpha value is -1.86. The zero-order valence-electron chi connectivity index (χ0n) is 11.1. The predicted octanol–water partition coefficient (Wildman–Crippen LogP) is 1.50. The van der Waals surface area contributed by atoms with E-state index in [0.29, 0.717) is 12.1 Å². The molecule has 0 aliphatic carbocycles. The van der Waals surface area contributed by atoms with E-state index in [2.05, 4.69) is 6.07 Å². The molecule has 96 valence electrons. The van der Waals surface area contributed by atoms with Gasteiger partial charge in [-0.3, -0.25) is 4.79 Å². The zero-order valence-corrected chi connectivity index (χ0v) is 11.1. The second-order valence-corrected chi connectivity index (χ2v) is 4.78. The van der Waals surface area contributed by atoms with Gasteiger partial charge in [-0.15, -0.1) is 0 Å². The topological polar surface area (TPSA) is 70.1 Å². The number of benzene rings is 1. The van der Waals surface area contributed by atoms with E-state index in [4.69, 9.17) is 11.0 Å². The monoisotopic (exact) mass is 245 g/mol. The van der Waals surface area contributed by atoms with Crippen molar-refractivity contribution in [2.45, 2.75) is 26.4 Å². The van der Waals surface area contributed by atoms with Crippen molar-refractivity contribution < 1.29 is 4.79 Å². The lowest BCUT2D eigenvalue weighted by Gasteiger charge is -2.23. The van der Waals surface area contributed by atoms with Crippen LogP contribution >= 0.6 is 0 Å². The molecule has 1 rings (SSSR count). The summed E-state index contributed by atoms with van der Waals surface area (Å²) in [6.45, 7) is 4.31. The predicted molar refractivity (Wildman–Crippen MR) is 70.4 cm³/mol. The molecule has 0 fully saturated rings. The van der Waals surface area contributed by atoms with Crippen molar-refractivity contribution in [2.75, 3.05) is 7.05 Å². The summed E-state index contributed by atoms with van der Waals surface area (Å²) in [6.07, 6.45) is 0. The summed E-state index contributed by atoms with van der Waals surface area (Å²) in [5, 5.41) is 8.82.